The molecule has 0 saturated carbocycles. The monoisotopic (exact) mass is 316 g/mol. The first kappa shape index (κ1) is 16.0. The molecule has 22 heavy (non-hydrogen) atoms. The summed E-state index contributed by atoms with van der Waals surface area (Å²) >= 11 is 1.37. The minimum atomic E-state index is -0.369. The standard InChI is InChI=1S/C16H16N2O3S/c1-2-21-16(20)12-6-8-13(9-7-12)18-14(19)11-22-15-5-3-4-10-17-15/h3-10H,2,11H2,1H3,(H,18,19). The average molecular weight is 316 g/mol. The number of anilines is 1. The molecule has 1 aromatic carbocycles. The van der Waals surface area contributed by atoms with Gasteiger partial charge in [0, 0.05) is 11.9 Å². The van der Waals surface area contributed by atoms with Crippen molar-refractivity contribution in [2.45, 2.75) is 11.9 Å². The normalized spacial score (nSPS) is 10.0. The number of hydrogen-bond donors (Lipinski definition) is 1. The average Bonchev–Trinajstić information content (AvgIpc) is 2.55. The summed E-state index contributed by atoms with van der Waals surface area (Å²) in [6, 6.07) is 12.2. The minimum Gasteiger partial charge on any atom is -0.462 e. The predicted octanol–water partition coefficient (Wildman–Crippen LogP) is 2.99. The number of thioether (sulfide) groups is 1. The zero-order valence-electron chi connectivity index (χ0n) is 12.1. The molecule has 5 nitrogen and oxygen atoms in total. The number of rotatable bonds is 6. The van der Waals surface area contributed by atoms with Crippen molar-refractivity contribution >= 4 is 29.3 Å². The van der Waals surface area contributed by atoms with Crippen LogP contribution in [0.3, 0.4) is 0 Å². The van der Waals surface area contributed by atoms with Crippen molar-refractivity contribution in [2.24, 2.45) is 0 Å². The zero-order chi connectivity index (χ0) is 15.8. The minimum absolute atomic E-state index is 0.125. The number of pyridine rings is 1. The summed E-state index contributed by atoms with van der Waals surface area (Å²) in [5.74, 6) is -0.220. The Labute approximate surface area is 133 Å². The van der Waals surface area contributed by atoms with Gasteiger partial charge in [0.25, 0.3) is 0 Å². The van der Waals surface area contributed by atoms with Gasteiger partial charge in [-0.15, -0.1) is 0 Å². The molecule has 1 N–H and O–H groups in total. The van der Waals surface area contributed by atoms with Crippen LogP contribution in [0.25, 0.3) is 0 Å². The number of hydrogen-bond acceptors (Lipinski definition) is 5. The SMILES string of the molecule is CCOC(=O)c1ccc(NC(=O)CSc2ccccn2)cc1. The second-order valence-corrected chi connectivity index (χ2v) is 5.30. The fourth-order valence-corrected chi connectivity index (χ4v) is 2.33. The van der Waals surface area contributed by atoms with Crippen molar-refractivity contribution in [2.75, 3.05) is 17.7 Å². The van der Waals surface area contributed by atoms with Crippen LogP contribution in [0, 0.1) is 0 Å². The Bertz CT molecular complexity index is 630. The summed E-state index contributed by atoms with van der Waals surface area (Å²) in [7, 11) is 0. The van der Waals surface area contributed by atoms with Crippen molar-refractivity contribution in [3.63, 3.8) is 0 Å². The number of carbonyl (C=O) groups excluding carboxylic acids is 2. The molecule has 6 heteroatoms. The zero-order valence-corrected chi connectivity index (χ0v) is 12.9. The predicted molar refractivity (Wildman–Crippen MR) is 86.0 cm³/mol. The van der Waals surface area contributed by atoms with E-state index in [1.807, 2.05) is 18.2 Å². The van der Waals surface area contributed by atoms with Crippen LogP contribution in [-0.2, 0) is 9.53 Å². The topological polar surface area (TPSA) is 68.3 Å². The molecule has 0 fully saturated rings. The maximum absolute atomic E-state index is 11.9. The molecule has 0 atom stereocenters. The molecule has 1 aromatic heterocycles. The largest absolute Gasteiger partial charge is 0.462 e. The van der Waals surface area contributed by atoms with Crippen molar-refractivity contribution in [1.82, 2.24) is 4.98 Å². The quantitative estimate of drug-likeness (QED) is 0.655. The number of ether oxygens (including phenoxy) is 1. The molecular weight excluding hydrogens is 300 g/mol. The van der Waals surface area contributed by atoms with Crippen LogP contribution in [0.2, 0.25) is 0 Å². The van der Waals surface area contributed by atoms with Crippen molar-refractivity contribution in [3.05, 3.63) is 54.2 Å². The Morgan fingerprint density at radius 3 is 2.59 bits per heavy atom. The fourth-order valence-electron chi connectivity index (χ4n) is 1.67. The summed E-state index contributed by atoms with van der Waals surface area (Å²) < 4.78 is 4.90. The Kier molecular flexibility index (Phi) is 5.97. The summed E-state index contributed by atoms with van der Waals surface area (Å²) in [6.45, 7) is 2.09. The first-order chi connectivity index (χ1) is 10.7. The van der Waals surface area contributed by atoms with Gasteiger partial charge < -0.3 is 10.1 Å². The fraction of sp³-hybridized carbons (Fsp3) is 0.188. The first-order valence-corrected chi connectivity index (χ1v) is 7.78. The number of nitrogens with one attached hydrogen (secondary N) is 1. The number of nitrogens with zero attached hydrogens (tertiary/aromatic N) is 1. The van der Waals surface area contributed by atoms with E-state index in [4.69, 9.17) is 4.74 Å². The van der Waals surface area contributed by atoms with Crippen LogP contribution in [0.5, 0.6) is 0 Å². The molecular formula is C16H16N2O3S. The maximum Gasteiger partial charge on any atom is 0.338 e. The smallest absolute Gasteiger partial charge is 0.338 e. The molecule has 0 aliphatic rings. The van der Waals surface area contributed by atoms with E-state index in [-0.39, 0.29) is 17.6 Å². The third-order valence-corrected chi connectivity index (χ3v) is 3.61. The third kappa shape index (κ3) is 4.89. The van der Waals surface area contributed by atoms with E-state index in [1.54, 1.807) is 37.4 Å². The van der Waals surface area contributed by atoms with Crippen LogP contribution < -0.4 is 5.32 Å². The lowest BCUT2D eigenvalue weighted by molar-refractivity contribution is -0.113. The van der Waals surface area contributed by atoms with Gasteiger partial charge in [-0.1, -0.05) is 17.8 Å². The molecule has 1 amide bonds. The highest BCUT2D eigenvalue weighted by Crippen LogP contribution is 2.15. The second kappa shape index (κ2) is 8.19. The molecule has 0 bridgehead atoms. The van der Waals surface area contributed by atoms with E-state index in [9.17, 15) is 9.59 Å². The number of esters is 1. The van der Waals surface area contributed by atoms with E-state index >= 15 is 0 Å². The molecule has 0 saturated heterocycles. The first-order valence-electron chi connectivity index (χ1n) is 6.80. The maximum atomic E-state index is 11.9. The highest BCUT2D eigenvalue weighted by atomic mass is 32.2. The molecule has 0 spiro atoms. The molecule has 1 heterocycles. The van der Waals surface area contributed by atoms with Crippen molar-refractivity contribution in [3.8, 4) is 0 Å². The van der Waals surface area contributed by atoms with Gasteiger partial charge in [0.1, 0.15) is 0 Å². The van der Waals surface area contributed by atoms with Gasteiger partial charge in [0.15, 0.2) is 0 Å². The Morgan fingerprint density at radius 1 is 1.18 bits per heavy atom. The van der Waals surface area contributed by atoms with Crippen LogP contribution in [-0.4, -0.2) is 29.2 Å². The summed E-state index contributed by atoms with van der Waals surface area (Å²) in [4.78, 5) is 27.5. The Morgan fingerprint density at radius 2 is 1.95 bits per heavy atom. The molecule has 0 aliphatic heterocycles. The van der Waals surface area contributed by atoms with E-state index in [0.717, 1.165) is 5.03 Å². The van der Waals surface area contributed by atoms with E-state index in [2.05, 4.69) is 10.3 Å². The Hall–Kier alpha value is -2.34. The van der Waals surface area contributed by atoms with Crippen molar-refractivity contribution < 1.29 is 14.3 Å². The third-order valence-electron chi connectivity index (χ3n) is 2.67. The molecule has 0 aliphatic carbocycles. The van der Waals surface area contributed by atoms with Crippen LogP contribution in [0.1, 0.15) is 17.3 Å². The molecule has 2 aromatic rings. The van der Waals surface area contributed by atoms with Gasteiger partial charge in [-0.2, -0.15) is 0 Å². The lowest BCUT2D eigenvalue weighted by Gasteiger charge is -2.06. The van der Waals surface area contributed by atoms with Gasteiger partial charge >= 0.3 is 5.97 Å². The van der Waals surface area contributed by atoms with Crippen molar-refractivity contribution in [1.29, 1.82) is 0 Å². The van der Waals surface area contributed by atoms with Gasteiger partial charge in [-0.25, -0.2) is 9.78 Å². The number of amides is 1. The highest BCUT2D eigenvalue weighted by molar-refractivity contribution is 7.99. The van der Waals surface area contributed by atoms with Crippen LogP contribution in [0.15, 0.2) is 53.7 Å². The van der Waals surface area contributed by atoms with Gasteiger partial charge in [-0.05, 0) is 43.3 Å². The van der Waals surface area contributed by atoms with E-state index < -0.39 is 0 Å². The summed E-state index contributed by atoms with van der Waals surface area (Å²) in [5, 5.41) is 3.57. The van der Waals surface area contributed by atoms with Gasteiger partial charge in [0.05, 0.1) is 22.9 Å². The number of benzene rings is 1. The van der Waals surface area contributed by atoms with Crippen LogP contribution >= 0.6 is 11.8 Å². The number of carbonyl (C=O) groups is 2. The number of aromatic nitrogens is 1. The second-order valence-electron chi connectivity index (χ2n) is 4.30. The molecule has 0 radical (unpaired) electrons. The summed E-state index contributed by atoms with van der Waals surface area (Å²) in [5.41, 5.74) is 1.10. The van der Waals surface area contributed by atoms with E-state index in [1.165, 1.54) is 11.8 Å². The molecule has 0 unspecified atom stereocenters. The molecule has 114 valence electrons. The lowest BCUT2D eigenvalue weighted by atomic mass is 10.2. The summed E-state index contributed by atoms with van der Waals surface area (Å²) in [6.07, 6.45) is 1.69. The Balaban J connectivity index is 1.85. The van der Waals surface area contributed by atoms with Crippen LogP contribution in [0.4, 0.5) is 5.69 Å². The van der Waals surface area contributed by atoms with Gasteiger partial charge in [-0.3, -0.25) is 4.79 Å². The lowest BCUT2D eigenvalue weighted by Crippen LogP contribution is -2.14. The van der Waals surface area contributed by atoms with Gasteiger partial charge in [0.2, 0.25) is 5.91 Å². The highest BCUT2D eigenvalue weighted by Gasteiger charge is 2.07. The van der Waals surface area contributed by atoms with E-state index in [0.29, 0.717) is 17.9 Å². The molecule has 2 rings (SSSR count).